The summed E-state index contributed by atoms with van der Waals surface area (Å²) in [5.74, 6) is 0.0824. The molecule has 0 radical (unpaired) electrons. The minimum Gasteiger partial charge on any atom is -0.484 e. The lowest BCUT2D eigenvalue weighted by atomic mass is 9.94. The van der Waals surface area contributed by atoms with Gasteiger partial charge in [-0.3, -0.25) is 9.59 Å². The Hall–Kier alpha value is -3.02. The van der Waals surface area contributed by atoms with E-state index in [2.05, 4.69) is 5.32 Å². The molecular weight excluding hydrogens is 507 g/mol. The summed E-state index contributed by atoms with van der Waals surface area (Å²) in [5, 5.41) is 4.36. The van der Waals surface area contributed by atoms with Crippen LogP contribution < -0.4 is 10.1 Å². The fourth-order valence-electron chi connectivity index (χ4n) is 4.67. The molecule has 194 valence electrons. The molecule has 2 amide bonds. The Kier molecular flexibility index (Phi) is 9.86. The average Bonchev–Trinajstić information content (AvgIpc) is 2.92. The van der Waals surface area contributed by atoms with Gasteiger partial charge in [0.2, 0.25) is 5.91 Å². The predicted octanol–water partition coefficient (Wildman–Crippen LogP) is 6.46. The van der Waals surface area contributed by atoms with E-state index in [1.54, 1.807) is 35.2 Å². The highest BCUT2D eigenvalue weighted by molar-refractivity contribution is 6.31. The number of nitrogens with zero attached hydrogens (tertiary/aromatic N) is 1. The summed E-state index contributed by atoms with van der Waals surface area (Å²) in [6.45, 7) is -0.0217. The summed E-state index contributed by atoms with van der Waals surface area (Å²) in [6.07, 6.45) is 5.70. The molecule has 1 fully saturated rings. The standard InChI is InChI=1S/C30H32Cl2N2O3/c31-24-15-17-26(18-16-24)37-21-29(35)34(20-23-11-7-8-14-27(23)32)28(19-22-9-3-1-4-10-22)30(36)33-25-12-5-2-6-13-25/h1,3-4,7-11,14-18,25,28H,2,5-6,12-13,19-21H2,(H,33,36)/t28-/m1/s1. The van der Waals surface area contributed by atoms with Gasteiger partial charge in [-0.2, -0.15) is 0 Å². The van der Waals surface area contributed by atoms with E-state index in [-0.39, 0.29) is 31.0 Å². The highest BCUT2D eigenvalue weighted by Crippen LogP contribution is 2.23. The van der Waals surface area contributed by atoms with E-state index in [9.17, 15) is 9.59 Å². The van der Waals surface area contributed by atoms with Crippen molar-refractivity contribution in [1.29, 1.82) is 0 Å². The Morgan fingerprint density at radius 1 is 0.892 bits per heavy atom. The molecule has 1 atom stereocenters. The van der Waals surface area contributed by atoms with Gasteiger partial charge < -0.3 is 15.0 Å². The van der Waals surface area contributed by atoms with E-state index in [4.69, 9.17) is 27.9 Å². The normalized spacial score (nSPS) is 14.5. The third-order valence-electron chi connectivity index (χ3n) is 6.70. The van der Waals surface area contributed by atoms with Crippen molar-refractivity contribution in [2.45, 2.75) is 57.2 Å². The Morgan fingerprint density at radius 3 is 2.27 bits per heavy atom. The molecule has 4 rings (SSSR count). The van der Waals surface area contributed by atoms with Crippen molar-refractivity contribution in [2.24, 2.45) is 0 Å². The SMILES string of the molecule is O=C(NC1CCCCC1)[C@@H](Cc1ccccc1)N(Cc1ccccc1Cl)C(=O)COc1ccc(Cl)cc1. The van der Waals surface area contributed by atoms with Gasteiger partial charge in [0.1, 0.15) is 11.8 Å². The summed E-state index contributed by atoms with van der Waals surface area (Å²) < 4.78 is 5.79. The quantitative estimate of drug-likeness (QED) is 0.322. The summed E-state index contributed by atoms with van der Waals surface area (Å²) in [7, 11) is 0. The third kappa shape index (κ3) is 7.98. The average molecular weight is 540 g/mol. The molecule has 0 aliphatic heterocycles. The van der Waals surface area contributed by atoms with Crippen LogP contribution in [0, 0.1) is 0 Å². The van der Waals surface area contributed by atoms with Crippen molar-refractivity contribution in [2.75, 3.05) is 6.61 Å². The zero-order chi connectivity index (χ0) is 26.0. The molecule has 0 bridgehead atoms. The lowest BCUT2D eigenvalue weighted by Crippen LogP contribution is -2.53. The number of benzene rings is 3. The third-order valence-corrected chi connectivity index (χ3v) is 7.32. The fraction of sp³-hybridized carbons (Fsp3) is 0.333. The minimum atomic E-state index is -0.720. The zero-order valence-electron chi connectivity index (χ0n) is 20.7. The number of carbonyl (C=O) groups is 2. The summed E-state index contributed by atoms with van der Waals surface area (Å²) >= 11 is 12.5. The second-order valence-corrected chi connectivity index (χ2v) is 10.2. The second kappa shape index (κ2) is 13.5. The summed E-state index contributed by atoms with van der Waals surface area (Å²) in [6, 6.07) is 23.4. The monoisotopic (exact) mass is 538 g/mol. The van der Waals surface area contributed by atoms with Crippen LogP contribution >= 0.6 is 23.2 Å². The topological polar surface area (TPSA) is 58.6 Å². The molecule has 0 unspecified atom stereocenters. The molecule has 1 N–H and O–H groups in total. The number of amides is 2. The number of carbonyl (C=O) groups excluding carboxylic acids is 2. The van der Waals surface area contributed by atoms with Crippen molar-refractivity contribution < 1.29 is 14.3 Å². The lowest BCUT2D eigenvalue weighted by molar-refractivity contribution is -0.143. The zero-order valence-corrected chi connectivity index (χ0v) is 22.3. The van der Waals surface area contributed by atoms with Crippen LogP contribution in [0.15, 0.2) is 78.9 Å². The molecule has 0 saturated heterocycles. The second-order valence-electron chi connectivity index (χ2n) is 9.40. The van der Waals surface area contributed by atoms with Crippen molar-refractivity contribution in [3.8, 4) is 5.75 Å². The van der Waals surface area contributed by atoms with Gasteiger partial charge in [-0.15, -0.1) is 0 Å². The van der Waals surface area contributed by atoms with Gasteiger partial charge in [0.25, 0.3) is 5.91 Å². The first kappa shape index (κ1) is 27.0. The maximum Gasteiger partial charge on any atom is 0.261 e. The largest absolute Gasteiger partial charge is 0.484 e. The van der Waals surface area contributed by atoms with E-state index in [0.29, 0.717) is 22.2 Å². The molecule has 1 aliphatic rings. The highest BCUT2D eigenvalue weighted by atomic mass is 35.5. The fourth-order valence-corrected chi connectivity index (χ4v) is 4.99. The van der Waals surface area contributed by atoms with Gasteiger partial charge in [0.05, 0.1) is 0 Å². The molecule has 0 heterocycles. The summed E-state index contributed by atoms with van der Waals surface area (Å²) in [4.78, 5) is 29.0. The van der Waals surface area contributed by atoms with Crippen LogP contribution in [0.5, 0.6) is 5.75 Å². The number of hydrogen-bond donors (Lipinski definition) is 1. The van der Waals surface area contributed by atoms with Gasteiger partial charge in [-0.25, -0.2) is 0 Å². The van der Waals surface area contributed by atoms with Gasteiger partial charge in [-0.1, -0.05) is 91.0 Å². The first-order valence-corrected chi connectivity index (χ1v) is 13.5. The van der Waals surface area contributed by atoms with Crippen LogP contribution in [0.2, 0.25) is 10.0 Å². The van der Waals surface area contributed by atoms with Gasteiger partial charge in [0.15, 0.2) is 6.61 Å². The van der Waals surface area contributed by atoms with E-state index in [1.165, 1.54) is 6.42 Å². The van der Waals surface area contributed by atoms with E-state index in [0.717, 1.165) is 36.8 Å². The van der Waals surface area contributed by atoms with Crippen LogP contribution in [0.4, 0.5) is 0 Å². The molecule has 3 aromatic rings. The summed E-state index contributed by atoms with van der Waals surface area (Å²) in [5.41, 5.74) is 1.74. The maximum absolute atomic E-state index is 13.8. The van der Waals surface area contributed by atoms with Crippen molar-refractivity contribution in [1.82, 2.24) is 10.2 Å². The van der Waals surface area contributed by atoms with E-state index >= 15 is 0 Å². The van der Waals surface area contributed by atoms with E-state index in [1.807, 2.05) is 48.5 Å². The number of rotatable bonds is 10. The predicted molar refractivity (Wildman–Crippen MR) is 148 cm³/mol. The number of halogens is 2. The molecule has 5 nitrogen and oxygen atoms in total. The molecule has 7 heteroatoms. The minimum absolute atomic E-state index is 0.127. The highest BCUT2D eigenvalue weighted by Gasteiger charge is 2.32. The number of hydrogen-bond acceptors (Lipinski definition) is 3. The Morgan fingerprint density at radius 2 is 1.57 bits per heavy atom. The Labute approximate surface area is 228 Å². The van der Waals surface area contributed by atoms with Gasteiger partial charge >= 0.3 is 0 Å². The van der Waals surface area contributed by atoms with Gasteiger partial charge in [-0.05, 0) is 54.3 Å². The van der Waals surface area contributed by atoms with Crippen LogP contribution in [-0.2, 0) is 22.6 Å². The van der Waals surface area contributed by atoms with Crippen molar-refractivity contribution in [3.05, 3.63) is 100 Å². The lowest BCUT2D eigenvalue weighted by Gasteiger charge is -2.33. The molecule has 1 saturated carbocycles. The van der Waals surface area contributed by atoms with E-state index < -0.39 is 6.04 Å². The van der Waals surface area contributed by atoms with Crippen LogP contribution in [0.3, 0.4) is 0 Å². The van der Waals surface area contributed by atoms with Crippen LogP contribution in [0.25, 0.3) is 0 Å². The van der Waals surface area contributed by atoms with Gasteiger partial charge in [0, 0.05) is 29.1 Å². The first-order chi connectivity index (χ1) is 18.0. The molecule has 0 spiro atoms. The number of ether oxygens (including phenoxy) is 1. The Bertz CT molecular complexity index is 1160. The number of nitrogens with one attached hydrogen (secondary N) is 1. The van der Waals surface area contributed by atoms with Crippen molar-refractivity contribution >= 4 is 35.0 Å². The smallest absolute Gasteiger partial charge is 0.261 e. The van der Waals surface area contributed by atoms with Crippen LogP contribution in [-0.4, -0.2) is 35.4 Å². The maximum atomic E-state index is 13.8. The van der Waals surface area contributed by atoms with Crippen LogP contribution in [0.1, 0.15) is 43.2 Å². The molecular formula is C30H32Cl2N2O3. The van der Waals surface area contributed by atoms with Crippen molar-refractivity contribution in [3.63, 3.8) is 0 Å². The molecule has 3 aromatic carbocycles. The molecule has 1 aliphatic carbocycles. The first-order valence-electron chi connectivity index (χ1n) is 12.7. The molecule has 0 aromatic heterocycles. The molecule has 37 heavy (non-hydrogen) atoms. The Balaban J connectivity index is 1.61.